The zero-order chi connectivity index (χ0) is 7.11. The summed E-state index contributed by atoms with van der Waals surface area (Å²) in [6, 6.07) is 0. The van der Waals surface area contributed by atoms with Gasteiger partial charge in [-0.05, 0) is 5.92 Å². The fourth-order valence-electron chi connectivity index (χ4n) is 1.19. The Kier molecular flexibility index (Phi) is 19.8. The fourth-order valence-corrected chi connectivity index (χ4v) is 1.19. The van der Waals surface area contributed by atoms with E-state index in [0.717, 1.165) is 5.92 Å². The van der Waals surface area contributed by atoms with E-state index < -0.39 is 0 Å². The lowest BCUT2D eigenvalue weighted by molar-refractivity contribution is 0.438. The van der Waals surface area contributed by atoms with Gasteiger partial charge in [0.1, 0.15) is 0 Å². The zero-order valence-electron chi connectivity index (χ0n) is 7.11. The predicted octanol–water partition coefficient (Wildman–Crippen LogP) is 4.89. The number of hydrogen-bond donors (Lipinski definition) is 0. The van der Waals surface area contributed by atoms with E-state index in [1.165, 1.54) is 32.1 Å². The van der Waals surface area contributed by atoms with Gasteiger partial charge in [-0.2, -0.15) is 0 Å². The fraction of sp³-hybridized carbons (Fsp3) is 1.00. The molecule has 0 aromatic carbocycles. The van der Waals surface area contributed by atoms with E-state index in [9.17, 15) is 0 Å². The minimum atomic E-state index is 0. The molecular formula is C11H28. The summed E-state index contributed by atoms with van der Waals surface area (Å²) in [5.41, 5.74) is 0. The van der Waals surface area contributed by atoms with Gasteiger partial charge in [-0.3, -0.25) is 0 Å². The van der Waals surface area contributed by atoms with Crippen LogP contribution in [-0.2, 0) is 0 Å². The van der Waals surface area contributed by atoms with Gasteiger partial charge in [0.25, 0.3) is 0 Å². The summed E-state index contributed by atoms with van der Waals surface area (Å²) in [5.74, 6) is 1.00. The van der Waals surface area contributed by atoms with Crippen LogP contribution in [0.4, 0.5) is 0 Å². The van der Waals surface area contributed by atoms with Crippen molar-refractivity contribution in [1.29, 1.82) is 0 Å². The minimum Gasteiger partial charge on any atom is -0.0776 e. The Morgan fingerprint density at radius 2 is 1.36 bits per heavy atom. The molecule has 0 bridgehead atoms. The van der Waals surface area contributed by atoms with E-state index in [-0.39, 0.29) is 14.9 Å². The van der Waals surface area contributed by atoms with E-state index in [0.29, 0.717) is 0 Å². The van der Waals surface area contributed by atoms with Gasteiger partial charge >= 0.3 is 0 Å². The topological polar surface area (TPSA) is 0 Å². The van der Waals surface area contributed by atoms with Gasteiger partial charge < -0.3 is 0 Å². The van der Waals surface area contributed by atoms with Crippen molar-refractivity contribution in [1.82, 2.24) is 0 Å². The van der Waals surface area contributed by atoms with Crippen molar-refractivity contribution in [3.05, 3.63) is 0 Å². The van der Waals surface area contributed by atoms with Crippen molar-refractivity contribution in [2.45, 2.75) is 67.7 Å². The lowest BCUT2D eigenvalue weighted by atomic mass is 9.97. The molecule has 0 amide bonds. The lowest BCUT2D eigenvalue weighted by Crippen LogP contribution is -1.95. The van der Waals surface area contributed by atoms with Crippen LogP contribution in [0, 0.1) is 5.92 Å². The van der Waals surface area contributed by atoms with Crippen molar-refractivity contribution in [3.63, 3.8) is 0 Å². The molecule has 0 unspecified atom stereocenters. The Hall–Kier alpha value is 0. The first-order valence-corrected chi connectivity index (χ1v) is 4.35. The Bertz CT molecular complexity index is 44.0. The third kappa shape index (κ3) is 10.0. The number of hydrogen-bond acceptors (Lipinski definition) is 0. The Morgan fingerprint density at radius 1 is 0.909 bits per heavy atom. The van der Waals surface area contributed by atoms with Crippen molar-refractivity contribution in [2.75, 3.05) is 0 Å². The van der Waals surface area contributed by atoms with Crippen LogP contribution < -0.4 is 0 Å². The minimum absolute atomic E-state index is 0. The third-order valence-electron chi connectivity index (χ3n) is 2.12. The second-order valence-corrected chi connectivity index (χ2v) is 2.82. The molecule has 0 spiro atoms. The van der Waals surface area contributed by atoms with Gasteiger partial charge in [0.2, 0.25) is 0 Å². The highest BCUT2D eigenvalue weighted by Gasteiger charge is 2.00. The first kappa shape index (κ1) is 17.2. The molecular weight excluding hydrogens is 132 g/mol. The maximum Gasteiger partial charge on any atom is -0.0420 e. The Morgan fingerprint density at radius 3 is 1.64 bits per heavy atom. The highest BCUT2D eigenvalue weighted by Crippen LogP contribution is 2.15. The Balaban J connectivity index is -0.000000320. The van der Waals surface area contributed by atoms with Crippen LogP contribution in [0.2, 0.25) is 0 Å². The first-order chi connectivity index (χ1) is 4.35. The van der Waals surface area contributed by atoms with Gasteiger partial charge in [0.15, 0.2) is 0 Å². The van der Waals surface area contributed by atoms with Crippen LogP contribution in [0.3, 0.4) is 0 Å². The van der Waals surface area contributed by atoms with E-state index in [4.69, 9.17) is 0 Å². The summed E-state index contributed by atoms with van der Waals surface area (Å²) in [7, 11) is 0. The van der Waals surface area contributed by atoms with Gasteiger partial charge in [0.05, 0.1) is 0 Å². The quantitative estimate of drug-likeness (QED) is 0.537. The van der Waals surface area contributed by atoms with Crippen LogP contribution in [0.25, 0.3) is 0 Å². The van der Waals surface area contributed by atoms with Gasteiger partial charge in [-0.1, -0.05) is 67.7 Å². The van der Waals surface area contributed by atoms with E-state index in [1.807, 2.05) is 0 Å². The molecule has 0 heteroatoms. The third-order valence-corrected chi connectivity index (χ3v) is 2.12. The Labute approximate surface area is 74.4 Å². The monoisotopic (exact) mass is 160 g/mol. The van der Waals surface area contributed by atoms with Crippen LogP contribution in [0.15, 0.2) is 0 Å². The van der Waals surface area contributed by atoms with Gasteiger partial charge in [-0.15, -0.1) is 0 Å². The predicted molar refractivity (Wildman–Crippen MR) is 57.1 cm³/mol. The maximum atomic E-state index is 2.30. The smallest absolute Gasteiger partial charge is 0.0420 e. The normalized spacial score (nSPS) is 8.73. The van der Waals surface area contributed by atoms with E-state index >= 15 is 0 Å². The largest absolute Gasteiger partial charge is 0.0776 e. The van der Waals surface area contributed by atoms with Gasteiger partial charge in [-0.25, -0.2) is 0 Å². The molecule has 0 nitrogen and oxygen atoms in total. The zero-order valence-corrected chi connectivity index (χ0v) is 7.11. The lowest BCUT2D eigenvalue weighted by Gasteiger charge is -2.09. The van der Waals surface area contributed by atoms with E-state index in [2.05, 4.69) is 20.8 Å². The van der Waals surface area contributed by atoms with Crippen molar-refractivity contribution >= 4 is 0 Å². The summed E-state index contributed by atoms with van der Waals surface area (Å²) in [6.45, 7) is 6.86. The molecule has 0 N–H and O–H groups in total. The molecule has 0 aromatic rings. The molecule has 0 saturated heterocycles. The average Bonchev–Trinajstić information content (AvgIpc) is 1.91. The van der Waals surface area contributed by atoms with E-state index in [1.54, 1.807) is 0 Å². The molecule has 0 atom stereocenters. The molecule has 72 valence electrons. The molecule has 0 rings (SSSR count). The number of rotatable bonds is 5. The second kappa shape index (κ2) is 12.7. The standard InChI is InChI=1S/C9H20.2CH4/c1-4-7-8-9(5-2)6-3;;/h9H,4-8H2,1-3H3;2*1H4. The molecule has 0 aliphatic carbocycles. The molecule has 0 fully saturated rings. The average molecular weight is 160 g/mol. The molecule has 0 saturated carbocycles. The molecule has 0 aliphatic heterocycles. The molecule has 0 aromatic heterocycles. The van der Waals surface area contributed by atoms with Gasteiger partial charge in [0, 0.05) is 0 Å². The highest BCUT2D eigenvalue weighted by molar-refractivity contribution is 4.53. The van der Waals surface area contributed by atoms with Crippen molar-refractivity contribution in [3.8, 4) is 0 Å². The van der Waals surface area contributed by atoms with Crippen LogP contribution >= 0.6 is 0 Å². The molecule has 0 radical (unpaired) electrons. The number of unbranched alkanes of at least 4 members (excludes halogenated alkanes) is 1. The summed E-state index contributed by atoms with van der Waals surface area (Å²) in [6.07, 6.45) is 6.97. The first-order valence-electron chi connectivity index (χ1n) is 4.35. The highest BCUT2D eigenvalue weighted by atomic mass is 14.1. The summed E-state index contributed by atoms with van der Waals surface area (Å²) in [4.78, 5) is 0. The maximum absolute atomic E-state index is 2.30. The molecule has 11 heavy (non-hydrogen) atoms. The van der Waals surface area contributed by atoms with Crippen molar-refractivity contribution in [2.24, 2.45) is 5.92 Å². The SMILES string of the molecule is C.C.CCCCC(CC)CC. The summed E-state index contributed by atoms with van der Waals surface area (Å²) < 4.78 is 0. The summed E-state index contributed by atoms with van der Waals surface area (Å²) >= 11 is 0. The van der Waals surface area contributed by atoms with Crippen LogP contribution in [-0.4, -0.2) is 0 Å². The molecule has 0 heterocycles. The molecule has 0 aliphatic rings. The van der Waals surface area contributed by atoms with Crippen LogP contribution in [0.1, 0.15) is 67.7 Å². The van der Waals surface area contributed by atoms with Crippen LogP contribution in [0.5, 0.6) is 0 Å². The second-order valence-electron chi connectivity index (χ2n) is 2.82. The van der Waals surface area contributed by atoms with Crippen molar-refractivity contribution < 1.29 is 0 Å². The summed E-state index contributed by atoms with van der Waals surface area (Å²) in [5, 5.41) is 0.